The average molecular weight is 492 g/mol. The summed E-state index contributed by atoms with van der Waals surface area (Å²) in [5.41, 5.74) is 0.773. The molecule has 0 unspecified atom stereocenters. The summed E-state index contributed by atoms with van der Waals surface area (Å²) in [7, 11) is -3.10. The lowest BCUT2D eigenvalue weighted by Crippen LogP contribution is -2.40. The van der Waals surface area contributed by atoms with Gasteiger partial charge in [0.2, 0.25) is 5.65 Å². The first-order valence-electron chi connectivity index (χ1n) is 10.4. The van der Waals surface area contributed by atoms with E-state index in [4.69, 9.17) is 0 Å². The molecule has 10 nitrogen and oxygen atoms in total. The van der Waals surface area contributed by atoms with E-state index >= 15 is 0 Å². The molecule has 5 rings (SSSR count). The molecule has 0 saturated carbocycles. The lowest BCUT2D eigenvalue weighted by Gasteiger charge is -2.29. The third-order valence-electron chi connectivity index (χ3n) is 5.84. The molecule has 1 aromatic carbocycles. The first-order valence-corrected chi connectivity index (χ1v) is 12.2. The van der Waals surface area contributed by atoms with Gasteiger partial charge in [-0.25, -0.2) is 31.6 Å². The number of nitrogens with one attached hydrogen (secondary N) is 1. The number of tetrazole rings is 1. The van der Waals surface area contributed by atoms with Crippen LogP contribution in [0.15, 0.2) is 30.6 Å². The fourth-order valence-corrected chi connectivity index (χ4v) is 5.24. The number of halogens is 3. The van der Waals surface area contributed by atoms with Gasteiger partial charge in [-0.2, -0.15) is 4.52 Å². The van der Waals surface area contributed by atoms with Crippen molar-refractivity contribution in [1.29, 1.82) is 0 Å². The molecule has 178 valence electrons. The highest BCUT2D eigenvalue weighted by Gasteiger charge is 2.26. The monoisotopic (exact) mass is 492 g/mol. The third kappa shape index (κ3) is 3.87. The smallest absolute Gasteiger partial charge is 0.266 e. The molecule has 1 atom stereocenters. The number of sulfone groups is 1. The number of nitrogens with zero attached hydrogens (tertiary/aromatic N) is 7. The van der Waals surface area contributed by atoms with Crippen molar-refractivity contribution in [1.82, 2.24) is 30.0 Å². The van der Waals surface area contributed by atoms with E-state index in [0.29, 0.717) is 28.2 Å². The number of hydrogen-bond donors (Lipinski definition) is 1. The standard InChI is InChI=1S/C20H19F3N8O2S/c1-11(12-3-2-4-13(16(12)21)17(22)23)26-18-14-9-15(30-5-7-34(32,33)8-6-30)20-27-28-29-31(20)19(14)25-10-24-18/h2-4,9-11,17H,5-8H2,1H3,(H,24,25,26)/t11-/m1/s1. The van der Waals surface area contributed by atoms with Crippen LogP contribution in [0.3, 0.4) is 0 Å². The predicted molar refractivity (Wildman–Crippen MR) is 118 cm³/mol. The molecule has 34 heavy (non-hydrogen) atoms. The molecule has 1 N–H and O–H groups in total. The van der Waals surface area contributed by atoms with E-state index < -0.39 is 33.7 Å². The first kappa shape index (κ1) is 22.3. The van der Waals surface area contributed by atoms with E-state index in [0.717, 1.165) is 6.07 Å². The van der Waals surface area contributed by atoms with Crippen LogP contribution in [-0.2, 0) is 9.84 Å². The Morgan fingerprint density at radius 3 is 2.56 bits per heavy atom. The number of pyridine rings is 1. The molecule has 3 aromatic heterocycles. The van der Waals surface area contributed by atoms with Crippen molar-refractivity contribution in [2.24, 2.45) is 0 Å². The quantitative estimate of drug-likeness (QED) is 0.448. The van der Waals surface area contributed by atoms with Gasteiger partial charge in [-0.3, -0.25) is 0 Å². The SMILES string of the molecule is C[C@@H](Nc1ncnc2c1cc(N1CCS(=O)(=O)CC1)c1nnnn12)c1cccc(C(F)F)c1F. The van der Waals surface area contributed by atoms with Gasteiger partial charge in [0, 0.05) is 18.7 Å². The van der Waals surface area contributed by atoms with Crippen molar-refractivity contribution in [3.63, 3.8) is 0 Å². The normalized spacial score (nSPS) is 16.9. The van der Waals surface area contributed by atoms with Gasteiger partial charge < -0.3 is 10.2 Å². The van der Waals surface area contributed by atoms with E-state index in [-0.39, 0.29) is 30.2 Å². The van der Waals surface area contributed by atoms with Crippen LogP contribution in [0.2, 0.25) is 0 Å². The van der Waals surface area contributed by atoms with Crippen LogP contribution in [0.25, 0.3) is 16.7 Å². The van der Waals surface area contributed by atoms with Crippen molar-refractivity contribution >= 4 is 38.0 Å². The first-order chi connectivity index (χ1) is 16.2. The van der Waals surface area contributed by atoms with Crippen molar-refractivity contribution in [2.75, 3.05) is 34.8 Å². The van der Waals surface area contributed by atoms with E-state index in [1.54, 1.807) is 13.0 Å². The Morgan fingerprint density at radius 2 is 1.82 bits per heavy atom. The summed E-state index contributed by atoms with van der Waals surface area (Å²) < 4.78 is 66.2. The van der Waals surface area contributed by atoms with Crippen LogP contribution < -0.4 is 10.2 Å². The van der Waals surface area contributed by atoms with Crippen LogP contribution in [-0.4, -0.2) is 63.0 Å². The molecule has 0 aliphatic carbocycles. The van der Waals surface area contributed by atoms with E-state index in [9.17, 15) is 21.6 Å². The lowest BCUT2D eigenvalue weighted by atomic mass is 10.0. The van der Waals surface area contributed by atoms with Crippen LogP contribution >= 0.6 is 0 Å². The minimum Gasteiger partial charge on any atom is -0.366 e. The Morgan fingerprint density at radius 1 is 1.09 bits per heavy atom. The van der Waals surface area contributed by atoms with Crippen molar-refractivity contribution in [2.45, 2.75) is 19.4 Å². The summed E-state index contributed by atoms with van der Waals surface area (Å²) in [5.74, 6) is -0.644. The number of hydrogen-bond acceptors (Lipinski definition) is 9. The van der Waals surface area contributed by atoms with Gasteiger partial charge in [0.15, 0.2) is 15.5 Å². The van der Waals surface area contributed by atoms with Crippen molar-refractivity contribution < 1.29 is 21.6 Å². The molecule has 1 aliphatic rings. The Labute approximate surface area is 191 Å². The topological polar surface area (TPSA) is 118 Å². The second kappa shape index (κ2) is 8.34. The van der Waals surface area contributed by atoms with Gasteiger partial charge in [0.25, 0.3) is 6.43 Å². The van der Waals surface area contributed by atoms with Gasteiger partial charge in [-0.1, -0.05) is 18.2 Å². The Bertz CT molecular complexity index is 1480. The number of anilines is 2. The average Bonchev–Trinajstić information content (AvgIpc) is 3.29. The number of benzene rings is 1. The Balaban J connectivity index is 1.57. The van der Waals surface area contributed by atoms with Crippen LogP contribution in [0.5, 0.6) is 0 Å². The van der Waals surface area contributed by atoms with Gasteiger partial charge in [-0.15, -0.1) is 5.10 Å². The number of rotatable bonds is 5. The predicted octanol–water partition coefficient (Wildman–Crippen LogP) is 2.55. The van der Waals surface area contributed by atoms with Gasteiger partial charge in [0.1, 0.15) is 18.0 Å². The van der Waals surface area contributed by atoms with Gasteiger partial charge in [0.05, 0.1) is 34.2 Å². The fraction of sp³-hybridized carbons (Fsp3) is 0.350. The molecular formula is C20H19F3N8O2S. The van der Waals surface area contributed by atoms with Crippen LogP contribution in [0.4, 0.5) is 24.7 Å². The highest BCUT2D eigenvalue weighted by molar-refractivity contribution is 7.91. The molecule has 0 spiro atoms. The second-order valence-electron chi connectivity index (χ2n) is 7.96. The zero-order chi connectivity index (χ0) is 24.0. The van der Waals surface area contributed by atoms with Crippen molar-refractivity contribution in [3.8, 4) is 0 Å². The van der Waals surface area contributed by atoms with Gasteiger partial charge in [-0.05, 0) is 23.4 Å². The summed E-state index contributed by atoms with van der Waals surface area (Å²) in [6.07, 6.45) is -1.64. The van der Waals surface area contributed by atoms with Crippen LogP contribution in [0, 0.1) is 5.82 Å². The third-order valence-corrected chi connectivity index (χ3v) is 7.45. The molecule has 0 bridgehead atoms. The highest BCUT2D eigenvalue weighted by atomic mass is 32.2. The minimum absolute atomic E-state index is 0.00590. The summed E-state index contributed by atoms with van der Waals surface area (Å²) in [6, 6.07) is 4.91. The molecular weight excluding hydrogens is 473 g/mol. The fourth-order valence-electron chi connectivity index (χ4n) is 4.03. The number of aromatic nitrogens is 6. The minimum atomic E-state index is -3.10. The van der Waals surface area contributed by atoms with E-state index in [1.165, 1.54) is 23.0 Å². The van der Waals surface area contributed by atoms with E-state index in [2.05, 4.69) is 30.8 Å². The molecule has 1 saturated heterocycles. The maximum atomic E-state index is 14.7. The summed E-state index contributed by atoms with van der Waals surface area (Å²) in [4.78, 5) is 10.4. The number of fused-ring (bicyclic) bond motifs is 3. The summed E-state index contributed by atoms with van der Waals surface area (Å²) in [6.45, 7) is 2.18. The second-order valence-corrected chi connectivity index (χ2v) is 10.3. The van der Waals surface area contributed by atoms with E-state index in [1.807, 2.05) is 4.90 Å². The number of alkyl halides is 2. The molecule has 1 aliphatic heterocycles. The molecule has 4 heterocycles. The highest BCUT2D eigenvalue weighted by Crippen LogP contribution is 2.32. The molecule has 0 radical (unpaired) electrons. The summed E-state index contributed by atoms with van der Waals surface area (Å²) in [5, 5.41) is 15.4. The molecule has 1 fully saturated rings. The largest absolute Gasteiger partial charge is 0.366 e. The summed E-state index contributed by atoms with van der Waals surface area (Å²) >= 11 is 0. The maximum Gasteiger partial charge on any atom is 0.266 e. The molecule has 4 aromatic rings. The molecule has 14 heteroatoms. The Hall–Kier alpha value is -3.55. The van der Waals surface area contributed by atoms with Crippen LogP contribution in [0.1, 0.15) is 30.5 Å². The van der Waals surface area contributed by atoms with Gasteiger partial charge >= 0.3 is 0 Å². The maximum absolute atomic E-state index is 14.7. The zero-order valence-corrected chi connectivity index (χ0v) is 18.7. The Kier molecular flexibility index (Phi) is 5.46. The zero-order valence-electron chi connectivity index (χ0n) is 17.9. The van der Waals surface area contributed by atoms with Crippen molar-refractivity contribution in [3.05, 3.63) is 47.5 Å². The molecule has 0 amide bonds. The lowest BCUT2D eigenvalue weighted by molar-refractivity contribution is 0.146.